The Bertz CT molecular complexity index is 898. The maximum atomic E-state index is 12.4. The summed E-state index contributed by atoms with van der Waals surface area (Å²) in [6.07, 6.45) is -0.333. The van der Waals surface area contributed by atoms with Gasteiger partial charge in [-0.2, -0.15) is 0 Å². The Hall–Kier alpha value is -0.890. The fraction of sp³-hybridized carbons (Fsp3) is 0.133. The van der Waals surface area contributed by atoms with E-state index in [1.165, 1.54) is 4.52 Å². The van der Waals surface area contributed by atoms with Gasteiger partial charge in [0, 0.05) is 11.8 Å². The van der Waals surface area contributed by atoms with Crippen molar-refractivity contribution >= 4 is 11.6 Å². The fourth-order valence-corrected chi connectivity index (χ4v) is 2.29. The van der Waals surface area contributed by atoms with Crippen LogP contribution in [-0.4, -0.2) is 25.7 Å². The zero-order valence-corrected chi connectivity index (χ0v) is 17.3. The number of nitrogens with one attached hydrogen (secondary N) is 1. The Balaban J connectivity index is 0. The van der Waals surface area contributed by atoms with E-state index < -0.39 is 5.97 Å². The summed E-state index contributed by atoms with van der Waals surface area (Å²) in [6, 6.07) is 11.3. The third-order valence-electron chi connectivity index (χ3n) is 3.33. The van der Waals surface area contributed by atoms with E-state index in [0.29, 0.717) is 11.3 Å². The summed E-state index contributed by atoms with van der Waals surface area (Å²) in [4.78, 5) is 27.5. The number of aromatic nitrogens is 3. The van der Waals surface area contributed by atoms with Crippen molar-refractivity contribution < 1.29 is 71.9 Å². The van der Waals surface area contributed by atoms with Gasteiger partial charge < -0.3 is 7.96 Å². The molecule has 0 radical (unpaired) electrons. The normalized spacial score (nSPS) is 9.96. The van der Waals surface area contributed by atoms with Crippen LogP contribution >= 0.6 is 0 Å². The van der Waals surface area contributed by atoms with Gasteiger partial charge in [-0.05, 0) is 12.5 Å². The van der Waals surface area contributed by atoms with Gasteiger partial charge in [0.2, 0.25) is 0 Å². The minimum atomic E-state index is -1.05. The van der Waals surface area contributed by atoms with Crippen LogP contribution in [0.3, 0.4) is 0 Å². The molecule has 0 spiro atoms. The Kier molecular flexibility index (Phi) is 7.26. The number of benzene rings is 1. The summed E-state index contributed by atoms with van der Waals surface area (Å²) in [5.74, 6) is -1.05. The van der Waals surface area contributed by atoms with Gasteiger partial charge in [-0.3, -0.25) is 14.7 Å². The molecule has 0 aliphatic rings. The second-order valence-electron chi connectivity index (χ2n) is 4.78. The van der Waals surface area contributed by atoms with E-state index in [9.17, 15) is 9.59 Å². The second kappa shape index (κ2) is 8.28. The van der Waals surface area contributed by atoms with Gasteiger partial charge in [0.1, 0.15) is 0 Å². The molecule has 6 nitrogen and oxygen atoms in total. The summed E-state index contributed by atoms with van der Waals surface area (Å²) in [7, 11) is 0. The van der Waals surface area contributed by atoms with E-state index in [-0.39, 0.29) is 79.5 Å². The molecule has 8 heteroatoms. The SMILES string of the molecule is Cc1nc2cc(-c3ccccc3)[nH]n2c(=O)c1CC(=O)O.[H-].[H-].[Na+].[Na+]. The number of hydrogen-bond acceptors (Lipinski definition) is 3. The van der Waals surface area contributed by atoms with E-state index >= 15 is 0 Å². The van der Waals surface area contributed by atoms with Crippen LogP contribution < -0.4 is 64.7 Å². The second-order valence-corrected chi connectivity index (χ2v) is 4.78. The molecule has 0 aliphatic heterocycles. The molecular formula is C15H15N3Na2O3. The number of carbonyl (C=O) groups is 1. The molecule has 0 atom stereocenters. The summed E-state index contributed by atoms with van der Waals surface area (Å²) in [5, 5.41) is 11.9. The number of aryl methyl sites for hydroxylation is 1. The molecule has 0 unspecified atom stereocenters. The Morgan fingerprint density at radius 3 is 2.57 bits per heavy atom. The Morgan fingerprint density at radius 1 is 1.30 bits per heavy atom. The number of carboxylic acid groups (broad SMARTS) is 1. The molecule has 110 valence electrons. The molecule has 0 saturated carbocycles. The van der Waals surface area contributed by atoms with Crippen molar-refractivity contribution in [3.05, 3.63) is 58.0 Å². The molecule has 1 aromatic carbocycles. The molecule has 0 saturated heterocycles. The summed E-state index contributed by atoms with van der Waals surface area (Å²) >= 11 is 0. The van der Waals surface area contributed by atoms with Gasteiger partial charge in [0.15, 0.2) is 5.65 Å². The summed E-state index contributed by atoms with van der Waals surface area (Å²) in [6.45, 7) is 1.65. The number of rotatable bonds is 3. The van der Waals surface area contributed by atoms with Crippen LogP contribution in [0.2, 0.25) is 0 Å². The van der Waals surface area contributed by atoms with Crippen molar-refractivity contribution in [2.45, 2.75) is 13.3 Å². The number of aromatic amines is 1. The van der Waals surface area contributed by atoms with Gasteiger partial charge in [0.25, 0.3) is 5.56 Å². The first-order chi connectivity index (χ1) is 10.1. The molecule has 23 heavy (non-hydrogen) atoms. The molecule has 0 fully saturated rings. The fourth-order valence-electron chi connectivity index (χ4n) is 2.29. The van der Waals surface area contributed by atoms with Crippen LogP contribution in [0.15, 0.2) is 41.2 Å². The minimum Gasteiger partial charge on any atom is -1.00 e. The average molecular weight is 331 g/mol. The first-order valence-electron chi connectivity index (χ1n) is 6.45. The van der Waals surface area contributed by atoms with E-state index in [1.54, 1.807) is 13.0 Å². The first-order valence-corrected chi connectivity index (χ1v) is 6.45. The van der Waals surface area contributed by atoms with Gasteiger partial charge in [-0.25, -0.2) is 9.50 Å². The van der Waals surface area contributed by atoms with Gasteiger partial charge >= 0.3 is 65.1 Å². The molecule has 2 N–H and O–H groups in total. The van der Waals surface area contributed by atoms with Crippen molar-refractivity contribution in [1.29, 1.82) is 0 Å². The largest absolute Gasteiger partial charge is 1.00 e. The van der Waals surface area contributed by atoms with Crippen molar-refractivity contribution in [2.24, 2.45) is 0 Å². The number of nitrogens with zero attached hydrogens (tertiary/aromatic N) is 2. The van der Waals surface area contributed by atoms with E-state index in [1.807, 2.05) is 30.3 Å². The third-order valence-corrected chi connectivity index (χ3v) is 3.33. The maximum absolute atomic E-state index is 12.4. The van der Waals surface area contributed by atoms with Crippen LogP contribution in [0, 0.1) is 6.92 Å². The summed E-state index contributed by atoms with van der Waals surface area (Å²) in [5.41, 5.74) is 2.43. The molecule has 2 heterocycles. The zero-order chi connectivity index (χ0) is 15.0. The molecule has 0 aliphatic carbocycles. The van der Waals surface area contributed by atoms with Crippen LogP contribution in [-0.2, 0) is 11.2 Å². The van der Waals surface area contributed by atoms with Crippen LogP contribution in [0.4, 0.5) is 0 Å². The smallest absolute Gasteiger partial charge is 1.00 e. The molecule has 3 aromatic rings. The number of fused-ring (bicyclic) bond motifs is 1. The number of aliphatic carboxylic acids is 1. The van der Waals surface area contributed by atoms with Gasteiger partial charge in [-0.1, -0.05) is 30.3 Å². The molecular weight excluding hydrogens is 316 g/mol. The molecule has 0 amide bonds. The van der Waals surface area contributed by atoms with Crippen molar-refractivity contribution in [2.75, 3.05) is 0 Å². The standard InChI is InChI=1S/C15H13N3O3.2Na.2H/c1-9-11(7-14(19)20)15(21)18-13(16-9)8-12(17-18)10-5-3-2-4-6-10;;;;/h2-6,8,17H,7H2,1H3,(H,19,20);;;;/q;2*+1;2*-1. The molecule has 0 bridgehead atoms. The van der Waals surface area contributed by atoms with E-state index in [0.717, 1.165) is 11.3 Å². The van der Waals surface area contributed by atoms with Crippen molar-refractivity contribution in [1.82, 2.24) is 14.6 Å². The van der Waals surface area contributed by atoms with E-state index in [2.05, 4.69) is 10.1 Å². The van der Waals surface area contributed by atoms with Gasteiger partial charge in [-0.15, -0.1) is 0 Å². The van der Waals surface area contributed by atoms with Gasteiger partial charge in [0.05, 0.1) is 17.7 Å². The van der Waals surface area contributed by atoms with Crippen molar-refractivity contribution in [3.63, 3.8) is 0 Å². The van der Waals surface area contributed by atoms with Crippen LogP contribution in [0.5, 0.6) is 0 Å². The molecule has 2 aromatic heterocycles. The quantitative estimate of drug-likeness (QED) is 0.477. The van der Waals surface area contributed by atoms with Crippen LogP contribution in [0.1, 0.15) is 14.1 Å². The number of H-pyrrole nitrogens is 1. The maximum Gasteiger partial charge on any atom is 1.00 e. The number of hydrogen-bond donors (Lipinski definition) is 2. The summed E-state index contributed by atoms with van der Waals surface area (Å²) < 4.78 is 1.29. The molecule has 3 rings (SSSR count). The predicted octanol–water partition coefficient (Wildman–Crippen LogP) is -4.14. The number of carboxylic acids is 1. The van der Waals surface area contributed by atoms with Crippen LogP contribution in [0.25, 0.3) is 16.9 Å². The topological polar surface area (TPSA) is 87.5 Å². The van der Waals surface area contributed by atoms with Crippen molar-refractivity contribution in [3.8, 4) is 11.3 Å². The monoisotopic (exact) mass is 331 g/mol. The Morgan fingerprint density at radius 2 is 1.96 bits per heavy atom. The van der Waals surface area contributed by atoms with E-state index in [4.69, 9.17) is 5.11 Å². The minimum absolute atomic E-state index is 0. The zero-order valence-electron chi connectivity index (χ0n) is 15.3. The average Bonchev–Trinajstić information content (AvgIpc) is 2.88. The Labute approximate surface area is 179 Å². The predicted molar refractivity (Wildman–Crippen MR) is 79.5 cm³/mol. The first kappa shape index (κ1) is 20.2. The third kappa shape index (κ3) is 4.15.